The zero-order valence-electron chi connectivity index (χ0n) is 7.70. The molecule has 1 aliphatic carbocycles. The number of nitrogens with zero attached hydrogens (tertiary/aromatic N) is 2. The molecule has 1 aliphatic rings. The first-order chi connectivity index (χ1) is 6.33. The first-order valence-corrected chi connectivity index (χ1v) is 5.49. The van der Waals surface area contributed by atoms with Crippen LogP contribution in [0.25, 0.3) is 0 Å². The normalized spacial score (nSPS) is 15.8. The van der Waals surface area contributed by atoms with Crippen LogP contribution in [0.4, 0.5) is 5.82 Å². The second-order valence-corrected chi connectivity index (χ2v) is 4.18. The van der Waals surface area contributed by atoms with Crippen LogP contribution in [-0.2, 0) is 0 Å². The molecule has 1 heterocycles. The summed E-state index contributed by atoms with van der Waals surface area (Å²) in [6, 6.07) is 4.73. The van der Waals surface area contributed by atoms with Gasteiger partial charge in [-0.1, -0.05) is 0 Å². The summed E-state index contributed by atoms with van der Waals surface area (Å²) >= 11 is 3.53. The fraction of sp³-hybridized carbons (Fsp3) is 0.500. The molecule has 3 heteroatoms. The third-order valence-electron chi connectivity index (χ3n) is 2.34. The van der Waals surface area contributed by atoms with Gasteiger partial charge < -0.3 is 4.90 Å². The molecular formula is C10H13BrN2. The van der Waals surface area contributed by atoms with Crippen molar-refractivity contribution in [1.82, 2.24) is 4.98 Å². The predicted octanol–water partition coefficient (Wildman–Crippen LogP) is 2.83. The van der Waals surface area contributed by atoms with Gasteiger partial charge >= 0.3 is 0 Å². The molecule has 0 bridgehead atoms. The molecule has 0 radical (unpaired) electrons. The maximum atomic E-state index is 4.39. The fourth-order valence-electron chi connectivity index (χ4n) is 1.56. The van der Waals surface area contributed by atoms with Gasteiger partial charge in [-0.3, -0.25) is 0 Å². The van der Waals surface area contributed by atoms with Crippen LogP contribution in [0.3, 0.4) is 0 Å². The summed E-state index contributed by atoms with van der Waals surface area (Å²) in [4.78, 5) is 6.75. The second kappa shape index (κ2) is 3.66. The maximum absolute atomic E-state index is 4.39. The van der Waals surface area contributed by atoms with E-state index in [-0.39, 0.29) is 0 Å². The van der Waals surface area contributed by atoms with Gasteiger partial charge in [0.15, 0.2) is 0 Å². The van der Waals surface area contributed by atoms with Crippen molar-refractivity contribution < 1.29 is 0 Å². The van der Waals surface area contributed by atoms with Gasteiger partial charge in [0.25, 0.3) is 0 Å². The molecule has 0 unspecified atom stereocenters. The minimum absolute atomic E-state index is 0.733. The minimum atomic E-state index is 0.733. The first-order valence-electron chi connectivity index (χ1n) is 4.70. The molecule has 2 nitrogen and oxygen atoms in total. The molecule has 0 atom stereocenters. The second-order valence-electron chi connectivity index (χ2n) is 3.33. The predicted molar refractivity (Wildman–Crippen MR) is 58.0 cm³/mol. The smallest absolute Gasteiger partial charge is 0.143 e. The van der Waals surface area contributed by atoms with Crippen molar-refractivity contribution in [3.63, 3.8) is 0 Å². The highest BCUT2D eigenvalue weighted by Crippen LogP contribution is 2.33. The Hall–Kier alpha value is -0.570. The van der Waals surface area contributed by atoms with Gasteiger partial charge in [-0.2, -0.15) is 0 Å². The topological polar surface area (TPSA) is 16.1 Å². The highest BCUT2D eigenvalue weighted by atomic mass is 79.9. The van der Waals surface area contributed by atoms with Crippen LogP contribution >= 0.6 is 15.9 Å². The van der Waals surface area contributed by atoms with Crippen molar-refractivity contribution >= 4 is 21.7 Å². The molecule has 0 amide bonds. The molecule has 1 aromatic rings. The van der Waals surface area contributed by atoms with Crippen molar-refractivity contribution in [3.05, 3.63) is 22.8 Å². The van der Waals surface area contributed by atoms with E-state index in [9.17, 15) is 0 Å². The number of hydrogen-bond acceptors (Lipinski definition) is 2. The van der Waals surface area contributed by atoms with Crippen molar-refractivity contribution in [1.29, 1.82) is 0 Å². The molecule has 0 aromatic carbocycles. The monoisotopic (exact) mass is 240 g/mol. The largest absolute Gasteiger partial charge is 0.353 e. The van der Waals surface area contributed by atoms with E-state index in [1.165, 1.54) is 12.8 Å². The average molecular weight is 241 g/mol. The lowest BCUT2D eigenvalue weighted by molar-refractivity contribution is 0.806. The first kappa shape index (κ1) is 9.00. The van der Waals surface area contributed by atoms with Crippen molar-refractivity contribution in [2.75, 3.05) is 11.4 Å². The summed E-state index contributed by atoms with van der Waals surface area (Å²) in [6.07, 6.45) is 4.48. The number of hydrogen-bond donors (Lipinski definition) is 0. The lowest BCUT2D eigenvalue weighted by Crippen LogP contribution is -2.26. The van der Waals surface area contributed by atoms with Crippen LogP contribution in [0, 0.1) is 0 Å². The number of aromatic nitrogens is 1. The van der Waals surface area contributed by atoms with Crippen LogP contribution in [0.1, 0.15) is 19.8 Å². The minimum Gasteiger partial charge on any atom is -0.353 e. The summed E-state index contributed by atoms with van der Waals surface area (Å²) in [7, 11) is 0. The van der Waals surface area contributed by atoms with Crippen molar-refractivity contribution in [2.45, 2.75) is 25.8 Å². The van der Waals surface area contributed by atoms with Gasteiger partial charge in [0.1, 0.15) is 5.82 Å². The van der Waals surface area contributed by atoms with Crippen LogP contribution in [0.2, 0.25) is 0 Å². The zero-order valence-corrected chi connectivity index (χ0v) is 9.29. The Morgan fingerprint density at radius 2 is 2.38 bits per heavy atom. The Kier molecular flexibility index (Phi) is 2.54. The van der Waals surface area contributed by atoms with E-state index in [4.69, 9.17) is 0 Å². The molecule has 1 fully saturated rings. The fourth-order valence-corrected chi connectivity index (χ4v) is 2.04. The molecular weight excluding hydrogens is 228 g/mol. The Morgan fingerprint density at radius 3 is 2.92 bits per heavy atom. The van der Waals surface area contributed by atoms with Crippen LogP contribution in [0.15, 0.2) is 22.8 Å². The molecule has 13 heavy (non-hydrogen) atoms. The molecule has 2 rings (SSSR count). The van der Waals surface area contributed by atoms with Crippen LogP contribution in [0.5, 0.6) is 0 Å². The molecule has 70 valence electrons. The zero-order chi connectivity index (χ0) is 9.26. The maximum Gasteiger partial charge on any atom is 0.143 e. The van der Waals surface area contributed by atoms with E-state index in [0.29, 0.717) is 0 Å². The standard InChI is InChI=1S/C10H13BrN2/c1-2-13(8-5-6-8)10-9(11)4-3-7-12-10/h3-4,7-8H,2,5-6H2,1H3. The number of anilines is 1. The summed E-state index contributed by atoms with van der Waals surface area (Å²) in [5, 5.41) is 0. The van der Waals surface area contributed by atoms with Gasteiger partial charge in [-0.05, 0) is 47.8 Å². The van der Waals surface area contributed by atoms with Gasteiger partial charge in [0.2, 0.25) is 0 Å². The molecule has 0 saturated heterocycles. The SMILES string of the molecule is CCN(c1ncccc1Br)C1CC1. The Morgan fingerprint density at radius 1 is 1.62 bits per heavy atom. The molecule has 1 aromatic heterocycles. The Balaban J connectivity index is 2.26. The molecule has 1 saturated carbocycles. The lowest BCUT2D eigenvalue weighted by Gasteiger charge is -2.22. The summed E-state index contributed by atoms with van der Waals surface area (Å²) in [5.74, 6) is 1.09. The summed E-state index contributed by atoms with van der Waals surface area (Å²) in [5.41, 5.74) is 0. The van der Waals surface area contributed by atoms with Gasteiger partial charge in [-0.25, -0.2) is 4.98 Å². The van der Waals surface area contributed by atoms with E-state index in [1.807, 2.05) is 18.3 Å². The Labute approximate surface area is 87.1 Å². The average Bonchev–Trinajstić information content (AvgIpc) is 2.93. The van der Waals surface area contributed by atoms with Gasteiger partial charge in [-0.15, -0.1) is 0 Å². The van der Waals surface area contributed by atoms with Crippen LogP contribution in [-0.4, -0.2) is 17.6 Å². The highest BCUT2D eigenvalue weighted by Gasteiger charge is 2.29. The summed E-state index contributed by atoms with van der Waals surface area (Å²) in [6.45, 7) is 3.22. The van der Waals surface area contributed by atoms with Gasteiger partial charge in [0, 0.05) is 18.8 Å². The molecule has 0 spiro atoms. The number of halogens is 1. The van der Waals surface area contributed by atoms with Crippen LogP contribution < -0.4 is 4.90 Å². The summed E-state index contributed by atoms with van der Waals surface area (Å²) < 4.78 is 1.10. The van der Waals surface area contributed by atoms with E-state index in [0.717, 1.165) is 22.9 Å². The molecule has 0 aliphatic heterocycles. The van der Waals surface area contributed by atoms with E-state index in [2.05, 4.69) is 32.7 Å². The van der Waals surface area contributed by atoms with Gasteiger partial charge in [0.05, 0.1) is 4.47 Å². The van der Waals surface area contributed by atoms with E-state index >= 15 is 0 Å². The third-order valence-corrected chi connectivity index (χ3v) is 2.96. The third kappa shape index (κ3) is 1.85. The number of rotatable bonds is 3. The highest BCUT2D eigenvalue weighted by molar-refractivity contribution is 9.10. The van der Waals surface area contributed by atoms with Crippen molar-refractivity contribution in [2.24, 2.45) is 0 Å². The quantitative estimate of drug-likeness (QED) is 0.808. The molecule has 0 N–H and O–H groups in total. The van der Waals surface area contributed by atoms with E-state index in [1.54, 1.807) is 0 Å². The Bertz CT molecular complexity index is 297. The van der Waals surface area contributed by atoms with E-state index < -0.39 is 0 Å². The lowest BCUT2D eigenvalue weighted by atomic mass is 10.4. The number of pyridine rings is 1. The van der Waals surface area contributed by atoms with Crippen molar-refractivity contribution in [3.8, 4) is 0 Å².